The number of thiazole rings is 1. The Balaban J connectivity index is 1.46. The largest absolute Gasteiger partial charge is 0.497 e. The van der Waals surface area contributed by atoms with Crippen molar-refractivity contribution in [3.63, 3.8) is 0 Å². The molecule has 0 saturated heterocycles. The van der Waals surface area contributed by atoms with Crippen molar-refractivity contribution in [2.24, 2.45) is 0 Å². The maximum Gasteiger partial charge on any atom is 0.226 e. The molecule has 1 aromatic heterocycles. The summed E-state index contributed by atoms with van der Waals surface area (Å²) in [5, 5.41) is 3.53. The first-order chi connectivity index (χ1) is 12.1. The Hall–Kier alpha value is -2.05. The van der Waals surface area contributed by atoms with E-state index in [4.69, 9.17) is 4.74 Å². The van der Waals surface area contributed by atoms with Crippen LogP contribution in [0.1, 0.15) is 18.4 Å². The lowest BCUT2D eigenvalue weighted by Gasteiger charge is -2.03. The van der Waals surface area contributed by atoms with Gasteiger partial charge in [-0.15, -0.1) is 11.8 Å². The van der Waals surface area contributed by atoms with E-state index in [9.17, 15) is 4.79 Å². The summed E-state index contributed by atoms with van der Waals surface area (Å²) >= 11 is 3.24. The van der Waals surface area contributed by atoms with E-state index in [1.807, 2.05) is 18.2 Å². The lowest BCUT2D eigenvalue weighted by Crippen LogP contribution is -2.11. The number of rotatable bonds is 7. The SMILES string of the molecule is COc1ccc2nc(NC(=O)CCCSc3ccc(C)cc3)sc2c1. The predicted molar refractivity (Wildman–Crippen MR) is 106 cm³/mol. The Labute approximate surface area is 155 Å². The Morgan fingerprint density at radius 3 is 2.80 bits per heavy atom. The summed E-state index contributed by atoms with van der Waals surface area (Å²) in [5.41, 5.74) is 2.13. The molecular formula is C19H20N2O2S2. The topological polar surface area (TPSA) is 51.2 Å². The number of anilines is 1. The van der Waals surface area contributed by atoms with Crippen molar-refractivity contribution in [2.45, 2.75) is 24.7 Å². The van der Waals surface area contributed by atoms with Gasteiger partial charge in [-0.25, -0.2) is 4.98 Å². The molecule has 0 aliphatic carbocycles. The summed E-state index contributed by atoms with van der Waals surface area (Å²) in [5.74, 6) is 1.73. The summed E-state index contributed by atoms with van der Waals surface area (Å²) < 4.78 is 6.21. The van der Waals surface area contributed by atoms with E-state index in [2.05, 4.69) is 41.5 Å². The van der Waals surface area contributed by atoms with Crippen LogP contribution in [0.3, 0.4) is 0 Å². The molecule has 0 atom stereocenters. The van der Waals surface area contributed by atoms with Crippen LogP contribution in [-0.2, 0) is 4.79 Å². The minimum atomic E-state index is 0.00975. The predicted octanol–water partition coefficient (Wildman–Crippen LogP) is 5.12. The molecule has 0 radical (unpaired) electrons. The Kier molecular flexibility index (Phi) is 5.94. The van der Waals surface area contributed by atoms with Crippen LogP contribution >= 0.6 is 23.1 Å². The second-order valence-corrected chi connectivity index (χ2v) is 7.86. The molecule has 0 aliphatic rings. The molecule has 25 heavy (non-hydrogen) atoms. The second-order valence-electron chi connectivity index (χ2n) is 5.67. The number of hydrogen-bond acceptors (Lipinski definition) is 5. The van der Waals surface area contributed by atoms with Crippen molar-refractivity contribution in [3.05, 3.63) is 48.0 Å². The zero-order valence-electron chi connectivity index (χ0n) is 14.2. The average Bonchev–Trinajstić information content (AvgIpc) is 3.01. The number of nitrogens with one attached hydrogen (secondary N) is 1. The van der Waals surface area contributed by atoms with E-state index >= 15 is 0 Å². The third-order valence-electron chi connectivity index (χ3n) is 3.68. The van der Waals surface area contributed by atoms with Gasteiger partial charge in [0.05, 0.1) is 17.3 Å². The van der Waals surface area contributed by atoms with Crippen molar-refractivity contribution in [3.8, 4) is 5.75 Å². The zero-order chi connectivity index (χ0) is 17.6. The number of hydrogen-bond donors (Lipinski definition) is 1. The van der Waals surface area contributed by atoms with Gasteiger partial charge in [-0.2, -0.15) is 0 Å². The summed E-state index contributed by atoms with van der Waals surface area (Å²) in [7, 11) is 1.64. The van der Waals surface area contributed by atoms with Crippen molar-refractivity contribution < 1.29 is 9.53 Å². The number of carbonyl (C=O) groups excluding carboxylic acids is 1. The highest BCUT2D eigenvalue weighted by Gasteiger charge is 2.08. The number of ether oxygens (including phenoxy) is 1. The molecule has 0 unspecified atom stereocenters. The van der Waals surface area contributed by atoms with Crippen molar-refractivity contribution >= 4 is 44.4 Å². The van der Waals surface area contributed by atoms with Crippen molar-refractivity contribution in [2.75, 3.05) is 18.2 Å². The molecule has 0 bridgehead atoms. The highest BCUT2D eigenvalue weighted by molar-refractivity contribution is 7.99. The highest BCUT2D eigenvalue weighted by atomic mass is 32.2. The number of aromatic nitrogens is 1. The molecule has 0 aliphatic heterocycles. The van der Waals surface area contributed by atoms with E-state index < -0.39 is 0 Å². The molecular weight excluding hydrogens is 352 g/mol. The van der Waals surface area contributed by atoms with E-state index in [1.165, 1.54) is 21.8 Å². The first kappa shape index (κ1) is 17.8. The van der Waals surface area contributed by atoms with Crippen molar-refractivity contribution in [1.29, 1.82) is 0 Å². The number of methoxy groups -OCH3 is 1. The van der Waals surface area contributed by atoms with Crippen LogP contribution in [0.2, 0.25) is 0 Å². The Morgan fingerprint density at radius 2 is 2.04 bits per heavy atom. The molecule has 1 heterocycles. The molecule has 1 N–H and O–H groups in total. The van der Waals surface area contributed by atoms with Crippen LogP contribution in [0.15, 0.2) is 47.4 Å². The van der Waals surface area contributed by atoms with Gasteiger partial charge in [-0.1, -0.05) is 29.0 Å². The zero-order valence-corrected chi connectivity index (χ0v) is 15.9. The average molecular weight is 373 g/mol. The van der Waals surface area contributed by atoms with E-state index in [-0.39, 0.29) is 5.91 Å². The fourth-order valence-corrected chi connectivity index (χ4v) is 4.09. The number of benzene rings is 2. The van der Waals surface area contributed by atoms with Gasteiger partial charge in [-0.05, 0) is 49.4 Å². The normalized spacial score (nSPS) is 10.8. The van der Waals surface area contributed by atoms with Gasteiger partial charge in [0.1, 0.15) is 5.75 Å². The monoisotopic (exact) mass is 372 g/mol. The van der Waals surface area contributed by atoms with Crippen LogP contribution in [0.5, 0.6) is 5.75 Å². The van der Waals surface area contributed by atoms with Gasteiger partial charge >= 0.3 is 0 Å². The quantitative estimate of drug-likeness (QED) is 0.462. The number of thioether (sulfide) groups is 1. The lowest BCUT2D eigenvalue weighted by atomic mass is 10.2. The van der Waals surface area contributed by atoms with Gasteiger partial charge in [0, 0.05) is 11.3 Å². The number of aryl methyl sites for hydroxylation is 1. The first-order valence-electron chi connectivity index (χ1n) is 8.08. The minimum absolute atomic E-state index is 0.00975. The van der Waals surface area contributed by atoms with Crippen LogP contribution < -0.4 is 10.1 Å². The molecule has 1 amide bonds. The maximum absolute atomic E-state index is 12.1. The molecule has 0 fully saturated rings. The molecule has 130 valence electrons. The van der Waals surface area contributed by atoms with Gasteiger partial charge < -0.3 is 10.1 Å². The smallest absolute Gasteiger partial charge is 0.226 e. The van der Waals surface area contributed by atoms with Crippen LogP contribution in [-0.4, -0.2) is 23.8 Å². The van der Waals surface area contributed by atoms with Crippen molar-refractivity contribution in [1.82, 2.24) is 4.98 Å². The van der Waals surface area contributed by atoms with Gasteiger partial charge in [0.15, 0.2) is 5.13 Å². The second kappa shape index (κ2) is 8.36. The van der Waals surface area contributed by atoms with Gasteiger partial charge in [0.25, 0.3) is 0 Å². The fourth-order valence-electron chi connectivity index (χ4n) is 2.32. The molecule has 0 spiro atoms. The molecule has 0 saturated carbocycles. The molecule has 3 aromatic rings. The maximum atomic E-state index is 12.1. The number of carbonyl (C=O) groups is 1. The van der Waals surface area contributed by atoms with Crippen LogP contribution in [0.25, 0.3) is 10.2 Å². The molecule has 2 aromatic carbocycles. The highest BCUT2D eigenvalue weighted by Crippen LogP contribution is 2.29. The van der Waals surface area contributed by atoms with E-state index in [0.717, 1.165) is 28.1 Å². The van der Waals surface area contributed by atoms with Crippen LogP contribution in [0, 0.1) is 6.92 Å². The van der Waals surface area contributed by atoms with Gasteiger partial charge in [-0.3, -0.25) is 4.79 Å². The molecule has 4 nitrogen and oxygen atoms in total. The Bertz CT molecular complexity index is 859. The fraction of sp³-hybridized carbons (Fsp3) is 0.263. The third-order valence-corrected chi connectivity index (χ3v) is 5.71. The summed E-state index contributed by atoms with van der Waals surface area (Å²) in [6.07, 6.45) is 1.33. The van der Waals surface area contributed by atoms with Gasteiger partial charge in [0.2, 0.25) is 5.91 Å². The summed E-state index contributed by atoms with van der Waals surface area (Å²) in [4.78, 5) is 17.8. The summed E-state index contributed by atoms with van der Waals surface area (Å²) in [6, 6.07) is 14.2. The standard InChI is InChI=1S/C19H20N2O2S2/c1-13-5-8-15(9-6-13)24-11-3-4-18(22)21-19-20-16-10-7-14(23-2)12-17(16)25-19/h5-10,12H,3-4,11H2,1-2H3,(H,20,21,22). The number of amides is 1. The minimum Gasteiger partial charge on any atom is -0.497 e. The van der Waals surface area contributed by atoms with E-state index in [1.54, 1.807) is 18.9 Å². The molecule has 3 rings (SSSR count). The summed E-state index contributed by atoms with van der Waals surface area (Å²) in [6.45, 7) is 2.08. The first-order valence-corrected chi connectivity index (χ1v) is 9.88. The number of fused-ring (bicyclic) bond motifs is 1. The number of nitrogens with zero attached hydrogens (tertiary/aromatic N) is 1. The van der Waals surface area contributed by atoms with Crippen LogP contribution in [0.4, 0.5) is 5.13 Å². The third kappa shape index (κ3) is 4.96. The molecule has 6 heteroatoms. The lowest BCUT2D eigenvalue weighted by molar-refractivity contribution is -0.116. The van der Waals surface area contributed by atoms with E-state index in [0.29, 0.717) is 11.6 Å². The Morgan fingerprint density at radius 1 is 1.24 bits per heavy atom.